The molecule has 0 spiro atoms. The Labute approximate surface area is 160 Å². The van der Waals surface area contributed by atoms with Gasteiger partial charge in [0, 0.05) is 19.6 Å². The average molecular weight is 391 g/mol. The molecule has 1 fully saturated rings. The van der Waals surface area contributed by atoms with E-state index in [1.54, 1.807) is 30.3 Å². The normalized spacial score (nSPS) is 18.4. The Kier molecular flexibility index (Phi) is 5.96. The number of carbonyl (C=O) groups is 1. The molecule has 27 heavy (non-hydrogen) atoms. The molecule has 8 heteroatoms. The molecule has 0 aliphatic carbocycles. The summed E-state index contributed by atoms with van der Waals surface area (Å²) in [5, 5.41) is 7.32. The zero-order valence-electron chi connectivity index (χ0n) is 15.8. The molecule has 1 saturated heterocycles. The minimum atomic E-state index is -3.56. The van der Waals surface area contributed by atoms with Crippen molar-refractivity contribution in [3.63, 3.8) is 0 Å². The molecule has 3 rings (SSSR count). The van der Waals surface area contributed by atoms with Crippen molar-refractivity contribution in [1.29, 1.82) is 0 Å². The zero-order chi connectivity index (χ0) is 19.4. The molecule has 1 aliphatic rings. The standard InChI is InChI=1S/C19H26N4O3S/c1-3-23-17(12-15(2)21-23)13-20-19(24)16-8-7-11-22(14-16)27(25,26)18-9-5-4-6-10-18/h4-6,9-10,12,16H,3,7-8,11,13-14H2,1-2H3,(H,20,24)/t16-/m1/s1. The van der Waals surface area contributed by atoms with Gasteiger partial charge < -0.3 is 5.32 Å². The number of nitrogens with one attached hydrogen (secondary N) is 1. The molecular formula is C19H26N4O3S. The van der Waals surface area contributed by atoms with Crippen LogP contribution < -0.4 is 5.32 Å². The van der Waals surface area contributed by atoms with E-state index in [1.165, 1.54) is 4.31 Å². The summed E-state index contributed by atoms with van der Waals surface area (Å²) in [6.45, 7) is 5.73. The Morgan fingerprint density at radius 1 is 1.30 bits per heavy atom. The minimum absolute atomic E-state index is 0.107. The highest BCUT2D eigenvalue weighted by Gasteiger charge is 2.33. The van der Waals surface area contributed by atoms with Crippen molar-refractivity contribution >= 4 is 15.9 Å². The quantitative estimate of drug-likeness (QED) is 0.817. The third-order valence-electron chi connectivity index (χ3n) is 4.86. The topological polar surface area (TPSA) is 84.3 Å². The van der Waals surface area contributed by atoms with Gasteiger partial charge in [0.25, 0.3) is 0 Å². The van der Waals surface area contributed by atoms with Crippen molar-refractivity contribution in [2.24, 2.45) is 5.92 Å². The molecular weight excluding hydrogens is 364 g/mol. The lowest BCUT2D eigenvalue weighted by Gasteiger charge is -2.31. The third kappa shape index (κ3) is 4.39. The van der Waals surface area contributed by atoms with Crippen molar-refractivity contribution in [3.8, 4) is 0 Å². The van der Waals surface area contributed by atoms with Gasteiger partial charge in [-0.15, -0.1) is 0 Å². The first-order chi connectivity index (χ1) is 12.9. The third-order valence-corrected chi connectivity index (χ3v) is 6.74. The molecule has 1 aromatic heterocycles. The molecule has 146 valence electrons. The molecule has 1 N–H and O–H groups in total. The highest BCUT2D eigenvalue weighted by atomic mass is 32.2. The van der Waals surface area contributed by atoms with Crippen molar-refractivity contribution in [2.75, 3.05) is 13.1 Å². The molecule has 0 saturated carbocycles. The number of aryl methyl sites for hydroxylation is 2. The monoisotopic (exact) mass is 390 g/mol. The van der Waals surface area contributed by atoms with Gasteiger partial charge >= 0.3 is 0 Å². The van der Waals surface area contributed by atoms with E-state index in [9.17, 15) is 13.2 Å². The van der Waals surface area contributed by atoms with Crippen LogP contribution >= 0.6 is 0 Å². The highest BCUT2D eigenvalue weighted by Crippen LogP contribution is 2.23. The summed E-state index contributed by atoms with van der Waals surface area (Å²) in [4.78, 5) is 12.9. The first kappa shape index (κ1) is 19.6. The second-order valence-electron chi connectivity index (χ2n) is 6.83. The zero-order valence-corrected chi connectivity index (χ0v) is 16.6. The Morgan fingerprint density at radius 2 is 2.04 bits per heavy atom. The van der Waals surface area contributed by atoms with Gasteiger partial charge in [-0.1, -0.05) is 18.2 Å². The van der Waals surface area contributed by atoms with Crippen molar-refractivity contribution < 1.29 is 13.2 Å². The second kappa shape index (κ2) is 8.22. The van der Waals surface area contributed by atoms with Gasteiger partial charge in [0.1, 0.15) is 0 Å². The van der Waals surface area contributed by atoms with E-state index in [0.717, 1.165) is 17.9 Å². The van der Waals surface area contributed by atoms with Crippen LogP contribution in [0.5, 0.6) is 0 Å². The summed E-state index contributed by atoms with van der Waals surface area (Å²) in [6, 6.07) is 10.3. The lowest BCUT2D eigenvalue weighted by atomic mass is 9.99. The van der Waals surface area contributed by atoms with Crippen LogP contribution in [0.25, 0.3) is 0 Å². The van der Waals surface area contributed by atoms with Gasteiger partial charge in [-0.05, 0) is 44.9 Å². The largest absolute Gasteiger partial charge is 0.350 e. The van der Waals surface area contributed by atoms with Crippen LogP contribution in [-0.4, -0.2) is 41.5 Å². The maximum Gasteiger partial charge on any atom is 0.243 e. The molecule has 2 heterocycles. The first-order valence-corrected chi connectivity index (χ1v) is 10.7. The van der Waals surface area contributed by atoms with E-state index in [1.807, 2.05) is 24.6 Å². The van der Waals surface area contributed by atoms with Crippen molar-refractivity contribution in [1.82, 2.24) is 19.4 Å². The predicted molar refractivity (Wildman–Crippen MR) is 102 cm³/mol. The molecule has 0 unspecified atom stereocenters. The number of rotatable bonds is 6. The number of sulfonamides is 1. The average Bonchev–Trinajstić information content (AvgIpc) is 3.06. The van der Waals surface area contributed by atoms with E-state index in [-0.39, 0.29) is 23.3 Å². The number of aromatic nitrogens is 2. The van der Waals surface area contributed by atoms with Crippen LogP contribution in [0, 0.1) is 12.8 Å². The number of nitrogens with zero attached hydrogens (tertiary/aromatic N) is 3. The van der Waals surface area contributed by atoms with Crippen LogP contribution in [0.1, 0.15) is 31.2 Å². The lowest BCUT2D eigenvalue weighted by Crippen LogP contribution is -2.45. The predicted octanol–water partition coefficient (Wildman–Crippen LogP) is 1.93. The number of carbonyl (C=O) groups excluding carboxylic acids is 1. The van der Waals surface area contributed by atoms with Crippen LogP contribution in [-0.2, 0) is 27.9 Å². The summed E-state index contributed by atoms with van der Waals surface area (Å²) in [5.74, 6) is -0.444. The van der Waals surface area contributed by atoms with Crippen LogP contribution in [0.15, 0.2) is 41.3 Å². The minimum Gasteiger partial charge on any atom is -0.350 e. The van der Waals surface area contributed by atoms with Crippen LogP contribution in [0.3, 0.4) is 0 Å². The van der Waals surface area contributed by atoms with E-state index in [4.69, 9.17) is 0 Å². The number of amides is 1. The molecule has 1 atom stereocenters. The summed E-state index contributed by atoms with van der Waals surface area (Å²) in [6.07, 6.45) is 1.37. The Balaban J connectivity index is 1.64. The van der Waals surface area contributed by atoms with E-state index in [0.29, 0.717) is 25.9 Å². The van der Waals surface area contributed by atoms with Gasteiger partial charge in [-0.25, -0.2) is 8.42 Å². The first-order valence-electron chi connectivity index (χ1n) is 9.28. The molecule has 1 amide bonds. The highest BCUT2D eigenvalue weighted by molar-refractivity contribution is 7.89. The SMILES string of the molecule is CCn1nc(C)cc1CNC(=O)[C@@H]1CCCN(S(=O)(=O)c2ccccc2)C1. The summed E-state index contributed by atoms with van der Waals surface area (Å²) in [5.41, 5.74) is 1.87. The lowest BCUT2D eigenvalue weighted by molar-refractivity contribution is -0.126. The number of hydrogen-bond donors (Lipinski definition) is 1. The van der Waals surface area contributed by atoms with E-state index < -0.39 is 10.0 Å². The van der Waals surface area contributed by atoms with Crippen LogP contribution in [0.2, 0.25) is 0 Å². The number of hydrogen-bond acceptors (Lipinski definition) is 4. The summed E-state index contributed by atoms with van der Waals surface area (Å²) in [7, 11) is -3.56. The Bertz CT molecular complexity index is 893. The molecule has 7 nitrogen and oxygen atoms in total. The van der Waals surface area contributed by atoms with Crippen LogP contribution in [0.4, 0.5) is 0 Å². The van der Waals surface area contributed by atoms with Gasteiger partial charge in [-0.2, -0.15) is 9.40 Å². The number of piperidine rings is 1. The van der Waals surface area contributed by atoms with Crippen molar-refractivity contribution in [3.05, 3.63) is 47.8 Å². The molecule has 2 aromatic rings. The fourth-order valence-corrected chi connectivity index (χ4v) is 5.00. The second-order valence-corrected chi connectivity index (χ2v) is 8.76. The smallest absolute Gasteiger partial charge is 0.243 e. The number of benzene rings is 1. The summed E-state index contributed by atoms with van der Waals surface area (Å²) < 4.78 is 28.9. The van der Waals surface area contributed by atoms with E-state index in [2.05, 4.69) is 10.4 Å². The maximum atomic E-state index is 12.8. The van der Waals surface area contributed by atoms with Gasteiger partial charge in [0.05, 0.1) is 28.7 Å². The fourth-order valence-electron chi connectivity index (χ4n) is 3.45. The maximum absolute atomic E-state index is 12.8. The van der Waals surface area contributed by atoms with Gasteiger partial charge in [-0.3, -0.25) is 9.48 Å². The Hall–Kier alpha value is -2.19. The molecule has 1 aliphatic heterocycles. The van der Waals surface area contributed by atoms with Gasteiger partial charge in [0.2, 0.25) is 15.9 Å². The van der Waals surface area contributed by atoms with Gasteiger partial charge in [0.15, 0.2) is 0 Å². The molecule has 0 bridgehead atoms. The Morgan fingerprint density at radius 3 is 2.74 bits per heavy atom. The fraction of sp³-hybridized carbons (Fsp3) is 0.474. The van der Waals surface area contributed by atoms with Crippen molar-refractivity contribution in [2.45, 2.75) is 44.7 Å². The molecule has 1 aromatic carbocycles. The summed E-state index contributed by atoms with van der Waals surface area (Å²) >= 11 is 0. The molecule has 0 radical (unpaired) electrons. The van der Waals surface area contributed by atoms with E-state index >= 15 is 0 Å².